The van der Waals surface area contributed by atoms with Crippen LogP contribution in [-0.4, -0.2) is 15.0 Å². The van der Waals surface area contributed by atoms with Gasteiger partial charge in [-0.3, -0.25) is 15.1 Å². The van der Waals surface area contributed by atoms with Gasteiger partial charge in [-0.2, -0.15) is 0 Å². The zero-order valence-corrected chi connectivity index (χ0v) is 8.20. The van der Waals surface area contributed by atoms with Crippen molar-refractivity contribution in [2.24, 2.45) is 0 Å². The summed E-state index contributed by atoms with van der Waals surface area (Å²) in [5, 5.41) is 20.4. The molecule has 0 radical (unpaired) electrons. The normalized spacial score (nSPS) is 10.0. The molecule has 0 aliphatic heterocycles. The van der Waals surface area contributed by atoms with Gasteiger partial charge in [0.25, 0.3) is 5.69 Å². The maximum Gasteiger partial charge on any atom is 0.278 e. The second-order valence-electron chi connectivity index (χ2n) is 3.15. The van der Waals surface area contributed by atoms with E-state index in [2.05, 4.69) is 4.98 Å². The van der Waals surface area contributed by atoms with E-state index in [4.69, 9.17) is 0 Å². The number of nitrogens with zero attached hydrogens (tertiary/aromatic N) is 2. The van der Waals surface area contributed by atoms with Gasteiger partial charge in [0.15, 0.2) is 0 Å². The van der Waals surface area contributed by atoms with Crippen molar-refractivity contribution in [2.45, 2.75) is 0 Å². The summed E-state index contributed by atoms with van der Waals surface area (Å²) >= 11 is 0. The highest BCUT2D eigenvalue weighted by molar-refractivity contribution is 5.74. The summed E-state index contributed by atoms with van der Waals surface area (Å²) in [6.07, 6.45) is 1.48. The molecular weight excluding hydrogens is 208 g/mol. The fourth-order valence-corrected chi connectivity index (χ4v) is 1.44. The van der Waals surface area contributed by atoms with E-state index in [9.17, 15) is 15.2 Å². The smallest absolute Gasteiger partial charge is 0.278 e. The zero-order chi connectivity index (χ0) is 11.5. The summed E-state index contributed by atoms with van der Waals surface area (Å²) in [6, 6.07) is 9.17. The number of aromatic hydroxyl groups is 1. The lowest BCUT2D eigenvalue weighted by molar-refractivity contribution is -0.384. The number of benzene rings is 1. The number of para-hydroxylation sites is 1. The average Bonchev–Trinajstić information content (AvgIpc) is 2.29. The van der Waals surface area contributed by atoms with E-state index in [1.54, 1.807) is 24.3 Å². The molecule has 5 nitrogen and oxygen atoms in total. The molecule has 1 heterocycles. The van der Waals surface area contributed by atoms with Gasteiger partial charge in [-0.05, 0) is 18.2 Å². The van der Waals surface area contributed by atoms with E-state index in [0.29, 0.717) is 5.56 Å². The van der Waals surface area contributed by atoms with E-state index in [1.165, 1.54) is 18.3 Å². The average molecular weight is 216 g/mol. The fourth-order valence-electron chi connectivity index (χ4n) is 1.44. The van der Waals surface area contributed by atoms with Crippen molar-refractivity contribution in [1.82, 2.24) is 4.98 Å². The summed E-state index contributed by atoms with van der Waals surface area (Å²) in [5.41, 5.74) is 0.455. The molecule has 0 atom stereocenters. The Hall–Kier alpha value is -2.43. The van der Waals surface area contributed by atoms with Gasteiger partial charge in [0.1, 0.15) is 11.4 Å². The number of aromatic nitrogens is 1. The van der Waals surface area contributed by atoms with Gasteiger partial charge in [-0.15, -0.1) is 0 Å². The number of nitro groups is 1. The van der Waals surface area contributed by atoms with Crippen LogP contribution in [0.2, 0.25) is 0 Å². The minimum absolute atomic E-state index is 0.0724. The Kier molecular flexibility index (Phi) is 2.51. The van der Waals surface area contributed by atoms with Crippen molar-refractivity contribution >= 4 is 5.69 Å². The number of hydrogen-bond acceptors (Lipinski definition) is 4. The molecule has 0 spiro atoms. The van der Waals surface area contributed by atoms with Gasteiger partial charge in [-0.1, -0.05) is 12.1 Å². The lowest BCUT2D eigenvalue weighted by atomic mass is 10.1. The van der Waals surface area contributed by atoms with E-state index in [-0.39, 0.29) is 17.1 Å². The van der Waals surface area contributed by atoms with Crippen molar-refractivity contribution in [2.75, 3.05) is 0 Å². The molecule has 0 amide bonds. The van der Waals surface area contributed by atoms with Crippen LogP contribution in [-0.2, 0) is 0 Å². The Balaban J connectivity index is 2.65. The van der Waals surface area contributed by atoms with Gasteiger partial charge in [0.05, 0.1) is 10.5 Å². The summed E-state index contributed by atoms with van der Waals surface area (Å²) in [7, 11) is 0. The first-order valence-electron chi connectivity index (χ1n) is 4.58. The van der Waals surface area contributed by atoms with Crippen LogP contribution >= 0.6 is 0 Å². The van der Waals surface area contributed by atoms with Gasteiger partial charge in [0, 0.05) is 12.3 Å². The van der Waals surface area contributed by atoms with Crippen molar-refractivity contribution in [3.05, 3.63) is 52.7 Å². The molecule has 0 aliphatic rings. The molecule has 0 bridgehead atoms. The highest BCUT2D eigenvalue weighted by atomic mass is 16.6. The quantitative estimate of drug-likeness (QED) is 0.617. The second kappa shape index (κ2) is 3.98. The Labute approximate surface area is 91.2 Å². The first-order valence-corrected chi connectivity index (χ1v) is 4.58. The molecular formula is C11H8N2O3. The van der Waals surface area contributed by atoms with Crippen molar-refractivity contribution < 1.29 is 10.0 Å². The SMILES string of the molecule is O=[N+]([O-])c1ccccc1-c1ncccc1O. The van der Waals surface area contributed by atoms with E-state index in [1.807, 2.05) is 0 Å². The molecule has 5 heteroatoms. The number of rotatable bonds is 2. The minimum Gasteiger partial charge on any atom is -0.506 e. The summed E-state index contributed by atoms with van der Waals surface area (Å²) in [4.78, 5) is 14.2. The molecule has 1 aromatic heterocycles. The number of hydrogen-bond donors (Lipinski definition) is 1. The van der Waals surface area contributed by atoms with Gasteiger partial charge >= 0.3 is 0 Å². The van der Waals surface area contributed by atoms with Crippen LogP contribution in [0.4, 0.5) is 5.69 Å². The third kappa shape index (κ3) is 1.70. The molecule has 1 aromatic carbocycles. The van der Waals surface area contributed by atoms with Gasteiger partial charge in [-0.25, -0.2) is 0 Å². The number of pyridine rings is 1. The Morgan fingerprint density at radius 1 is 1.19 bits per heavy atom. The van der Waals surface area contributed by atoms with Crippen LogP contribution in [0.1, 0.15) is 0 Å². The molecule has 0 unspecified atom stereocenters. The van der Waals surface area contributed by atoms with Crippen LogP contribution in [0.15, 0.2) is 42.6 Å². The Morgan fingerprint density at radius 2 is 1.94 bits per heavy atom. The number of nitro benzene ring substituents is 1. The first-order chi connectivity index (χ1) is 7.70. The Morgan fingerprint density at radius 3 is 2.62 bits per heavy atom. The second-order valence-corrected chi connectivity index (χ2v) is 3.15. The van der Waals surface area contributed by atoms with E-state index in [0.717, 1.165) is 0 Å². The van der Waals surface area contributed by atoms with Crippen LogP contribution in [0.5, 0.6) is 5.75 Å². The molecule has 16 heavy (non-hydrogen) atoms. The lowest BCUT2D eigenvalue weighted by Gasteiger charge is -2.03. The van der Waals surface area contributed by atoms with Crippen LogP contribution in [0, 0.1) is 10.1 Å². The third-order valence-corrected chi connectivity index (χ3v) is 2.14. The fraction of sp³-hybridized carbons (Fsp3) is 0. The van der Waals surface area contributed by atoms with Crippen molar-refractivity contribution in [3.63, 3.8) is 0 Å². The summed E-state index contributed by atoms with van der Waals surface area (Å²) in [6.45, 7) is 0. The maximum atomic E-state index is 10.8. The molecule has 0 saturated heterocycles. The minimum atomic E-state index is -0.497. The van der Waals surface area contributed by atoms with Gasteiger partial charge < -0.3 is 5.11 Å². The largest absolute Gasteiger partial charge is 0.506 e. The monoisotopic (exact) mass is 216 g/mol. The molecule has 0 saturated carbocycles. The predicted molar refractivity (Wildman–Crippen MR) is 58.0 cm³/mol. The third-order valence-electron chi connectivity index (χ3n) is 2.14. The maximum absolute atomic E-state index is 10.8. The topological polar surface area (TPSA) is 76.3 Å². The first kappa shape index (κ1) is 10.1. The van der Waals surface area contributed by atoms with Crippen molar-refractivity contribution in [3.8, 4) is 17.0 Å². The standard InChI is InChI=1S/C11H8N2O3/c14-10-6-3-7-12-11(10)8-4-1-2-5-9(8)13(15)16/h1-7,14H. The van der Waals surface area contributed by atoms with Crippen LogP contribution < -0.4 is 0 Å². The molecule has 0 fully saturated rings. The zero-order valence-electron chi connectivity index (χ0n) is 8.20. The molecule has 1 N–H and O–H groups in total. The lowest BCUT2D eigenvalue weighted by Crippen LogP contribution is -1.93. The summed E-state index contributed by atoms with van der Waals surface area (Å²) < 4.78 is 0. The summed E-state index contributed by atoms with van der Waals surface area (Å²) in [5.74, 6) is -0.0724. The molecule has 2 aromatic rings. The predicted octanol–water partition coefficient (Wildman–Crippen LogP) is 2.36. The molecule has 2 rings (SSSR count). The van der Waals surface area contributed by atoms with Gasteiger partial charge in [0.2, 0.25) is 0 Å². The highest BCUT2D eigenvalue weighted by Gasteiger charge is 2.17. The molecule has 80 valence electrons. The highest BCUT2D eigenvalue weighted by Crippen LogP contribution is 2.32. The molecule has 0 aliphatic carbocycles. The van der Waals surface area contributed by atoms with E-state index < -0.39 is 4.92 Å². The van der Waals surface area contributed by atoms with E-state index >= 15 is 0 Å². The van der Waals surface area contributed by atoms with Crippen LogP contribution in [0.25, 0.3) is 11.3 Å². The van der Waals surface area contributed by atoms with Crippen molar-refractivity contribution in [1.29, 1.82) is 0 Å². The Bertz CT molecular complexity index is 540. The van der Waals surface area contributed by atoms with Crippen LogP contribution in [0.3, 0.4) is 0 Å².